The van der Waals surface area contributed by atoms with Crippen molar-refractivity contribution in [2.24, 2.45) is 5.41 Å². The molecule has 0 aliphatic carbocycles. The Hall–Kier alpha value is 0.790. The second-order valence-corrected chi connectivity index (χ2v) is 5.34. The van der Waals surface area contributed by atoms with Crippen molar-refractivity contribution in [2.45, 2.75) is 19.8 Å². The number of hydrogen-bond acceptors (Lipinski definition) is 2. The lowest BCUT2D eigenvalue weighted by molar-refractivity contribution is 0.160. The molecule has 0 bridgehead atoms. The average molecular weight is 253 g/mol. The summed E-state index contributed by atoms with van der Waals surface area (Å²) in [6.45, 7) is 4.14. The Balaban J connectivity index is 2.24. The summed E-state index contributed by atoms with van der Waals surface area (Å²) < 4.78 is 5.44. The van der Waals surface area contributed by atoms with Crippen LogP contribution >= 0.6 is 27.7 Å². The normalized spacial score (nSPS) is 29.5. The van der Waals surface area contributed by atoms with Crippen LogP contribution in [0.4, 0.5) is 0 Å². The zero-order chi connectivity index (χ0) is 8.86. The van der Waals surface area contributed by atoms with Crippen molar-refractivity contribution in [3.8, 4) is 0 Å². The molecule has 1 unspecified atom stereocenters. The molecule has 0 saturated carbocycles. The largest absolute Gasteiger partial charge is 0.381 e. The van der Waals surface area contributed by atoms with Gasteiger partial charge in [-0.2, -0.15) is 11.8 Å². The van der Waals surface area contributed by atoms with Crippen LogP contribution in [0.5, 0.6) is 0 Å². The molecule has 0 aromatic rings. The highest BCUT2D eigenvalue weighted by Crippen LogP contribution is 2.35. The predicted octanol–water partition coefficient (Wildman–Crippen LogP) is 2.93. The molecule has 0 N–H and O–H groups in total. The van der Waals surface area contributed by atoms with Crippen molar-refractivity contribution in [3.63, 3.8) is 0 Å². The Kier molecular flexibility index (Phi) is 4.99. The molecule has 0 aromatic carbocycles. The van der Waals surface area contributed by atoms with Gasteiger partial charge in [-0.05, 0) is 24.3 Å². The summed E-state index contributed by atoms with van der Waals surface area (Å²) in [5.74, 6) is 2.52. The number of ether oxygens (including phenoxy) is 1. The maximum atomic E-state index is 5.44. The Labute approximate surface area is 87.8 Å². The first-order chi connectivity index (χ1) is 5.83. The van der Waals surface area contributed by atoms with Gasteiger partial charge in [-0.1, -0.05) is 22.9 Å². The minimum atomic E-state index is 0.460. The fraction of sp³-hybridized carbons (Fsp3) is 1.00. The van der Waals surface area contributed by atoms with Crippen LogP contribution in [0.25, 0.3) is 0 Å². The van der Waals surface area contributed by atoms with Gasteiger partial charge < -0.3 is 4.74 Å². The van der Waals surface area contributed by atoms with E-state index in [9.17, 15) is 0 Å². The van der Waals surface area contributed by atoms with Gasteiger partial charge in [-0.15, -0.1) is 0 Å². The Morgan fingerprint density at radius 3 is 2.92 bits per heavy atom. The molecular weight excluding hydrogens is 236 g/mol. The van der Waals surface area contributed by atoms with E-state index in [0.717, 1.165) is 18.5 Å². The Bertz CT molecular complexity index is 124. The summed E-state index contributed by atoms with van der Waals surface area (Å²) in [6.07, 6.45) is 2.54. The molecule has 1 aliphatic heterocycles. The van der Waals surface area contributed by atoms with E-state index < -0.39 is 0 Å². The van der Waals surface area contributed by atoms with E-state index in [1.807, 2.05) is 11.8 Å². The highest BCUT2D eigenvalue weighted by Gasteiger charge is 2.32. The molecule has 0 radical (unpaired) electrons. The van der Waals surface area contributed by atoms with Crippen molar-refractivity contribution >= 4 is 27.7 Å². The molecule has 1 nitrogen and oxygen atoms in total. The van der Waals surface area contributed by atoms with Crippen LogP contribution in [0.1, 0.15) is 19.8 Å². The molecule has 0 amide bonds. The molecule has 1 saturated heterocycles. The molecule has 1 atom stereocenters. The third-order valence-corrected chi connectivity index (χ3v) is 4.54. The monoisotopic (exact) mass is 252 g/mol. The smallest absolute Gasteiger partial charge is 0.0531 e. The molecule has 72 valence electrons. The van der Waals surface area contributed by atoms with Crippen LogP contribution in [0.2, 0.25) is 0 Å². The van der Waals surface area contributed by atoms with E-state index in [-0.39, 0.29) is 0 Å². The van der Waals surface area contributed by atoms with Crippen LogP contribution in [-0.2, 0) is 4.74 Å². The van der Waals surface area contributed by atoms with Gasteiger partial charge in [-0.3, -0.25) is 0 Å². The Morgan fingerprint density at radius 2 is 2.42 bits per heavy atom. The van der Waals surface area contributed by atoms with E-state index in [4.69, 9.17) is 4.74 Å². The molecule has 1 fully saturated rings. The molecule has 1 heterocycles. The predicted molar refractivity (Wildman–Crippen MR) is 59.3 cm³/mol. The average Bonchev–Trinajstić information content (AvgIpc) is 2.55. The van der Waals surface area contributed by atoms with Crippen LogP contribution in [0, 0.1) is 5.41 Å². The van der Waals surface area contributed by atoms with Crippen LogP contribution < -0.4 is 0 Å². The first-order valence-corrected chi connectivity index (χ1v) is 6.82. The molecule has 12 heavy (non-hydrogen) atoms. The fourth-order valence-electron chi connectivity index (χ4n) is 1.45. The van der Waals surface area contributed by atoms with Gasteiger partial charge in [-0.25, -0.2) is 0 Å². The molecule has 0 spiro atoms. The quantitative estimate of drug-likeness (QED) is 0.550. The Morgan fingerprint density at radius 1 is 1.58 bits per heavy atom. The van der Waals surface area contributed by atoms with Crippen LogP contribution in [-0.4, -0.2) is 30.0 Å². The van der Waals surface area contributed by atoms with E-state index in [1.165, 1.54) is 24.3 Å². The number of rotatable bonds is 5. The summed E-state index contributed by atoms with van der Waals surface area (Å²) in [6, 6.07) is 0. The third-order valence-electron chi connectivity index (χ3n) is 2.45. The number of hydrogen-bond donors (Lipinski definition) is 0. The summed E-state index contributed by atoms with van der Waals surface area (Å²) in [5.41, 5.74) is 0.460. The molecular formula is C9H17BrOS. The molecule has 1 rings (SSSR count). The van der Waals surface area contributed by atoms with E-state index in [0.29, 0.717) is 5.41 Å². The van der Waals surface area contributed by atoms with Gasteiger partial charge in [0.25, 0.3) is 0 Å². The van der Waals surface area contributed by atoms with Crippen LogP contribution in [0.15, 0.2) is 0 Å². The number of alkyl halides is 1. The third kappa shape index (κ3) is 2.93. The van der Waals surface area contributed by atoms with Gasteiger partial charge in [0.15, 0.2) is 0 Å². The summed E-state index contributed by atoms with van der Waals surface area (Å²) in [5, 5.41) is 1.10. The highest BCUT2D eigenvalue weighted by atomic mass is 79.9. The van der Waals surface area contributed by atoms with Gasteiger partial charge in [0, 0.05) is 17.4 Å². The first kappa shape index (κ1) is 10.9. The summed E-state index contributed by atoms with van der Waals surface area (Å²) >= 11 is 5.63. The van der Waals surface area contributed by atoms with E-state index >= 15 is 0 Å². The molecule has 1 aliphatic rings. The van der Waals surface area contributed by atoms with Crippen molar-refractivity contribution in [3.05, 3.63) is 0 Å². The SMILES string of the molecule is CCSCCC1(CBr)CCOC1. The highest BCUT2D eigenvalue weighted by molar-refractivity contribution is 9.09. The lowest BCUT2D eigenvalue weighted by Gasteiger charge is -2.23. The van der Waals surface area contributed by atoms with Crippen molar-refractivity contribution < 1.29 is 4.74 Å². The van der Waals surface area contributed by atoms with Crippen molar-refractivity contribution in [2.75, 3.05) is 30.0 Å². The minimum Gasteiger partial charge on any atom is -0.381 e. The maximum Gasteiger partial charge on any atom is 0.0531 e. The molecule has 3 heteroatoms. The first-order valence-electron chi connectivity index (χ1n) is 4.54. The van der Waals surface area contributed by atoms with Gasteiger partial charge in [0.05, 0.1) is 6.61 Å². The second kappa shape index (κ2) is 5.51. The lowest BCUT2D eigenvalue weighted by Crippen LogP contribution is -2.23. The lowest BCUT2D eigenvalue weighted by atomic mass is 9.87. The van der Waals surface area contributed by atoms with E-state index in [1.54, 1.807) is 0 Å². The van der Waals surface area contributed by atoms with Gasteiger partial charge in [0.1, 0.15) is 0 Å². The second-order valence-electron chi connectivity index (χ2n) is 3.38. The van der Waals surface area contributed by atoms with Crippen molar-refractivity contribution in [1.29, 1.82) is 0 Å². The van der Waals surface area contributed by atoms with Crippen LogP contribution in [0.3, 0.4) is 0 Å². The standard InChI is InChI=1S/C9H17BrOS/c1-2-12-6-4-9(7-10)3-5-11-8-9/h2-8H2,1H3. The zero-order valence-corrected chi connectivity index (χ0v) is 10.0. The van der Waals surface area contributed by atoms with E-state index in [2.05, 4.69) is 22.9 Å². The number of thioether (sulfide) groups is 1. The summed E-state index contributed by atoms with van der Waals surface area (Å²) in [7, 11) is 0. The van der Waals surface area contributed by atoms with Crippen molar-refractivity contribution in [1.82, 2.24) is 0 Å². The maximum absolute atomic E-state index is 5.44. The van der Waals surface area contributed by atoms with Gasteiger partial charge >= 0.3 is 0 Å². The minimum absolute atomic E-state index is 0.460. The van der Waals surface area contributed by atoms with Gasteiger partial charge in [0.2, 0.25) is 0 Å². The summed E-state index contributed by atoms with van der Waals surface area (Å²) in [4.78, 5) is 0. The fourth-order valence-corrected chi connectivity index (χ4v) is 3.04. The topological polar surface area (TPSA) is 9.23 Å². The zero-order valence-electron chi connectivity index (χ0n) is 7.64. The molecule has 0 aromatic heterocycles. The number of halogens is 1.